The number of hydrogen-bond acceptors (Lipinski definition) is 2. The number of ether oxygens (including phenoxy) is 1. The van der Waals surface area contributed by atoms with Crippen LogP contribution in [0.15, 0.2) is 0 Å². The van der Waals surface area contributed by atoms with Gasteiger partial charge in [-0.3, -0.25) is 0 Å². The van der Waals surface area contributed by atoms with Crippen LogP contribution in [0.5, 0.6) is 0 Å². The number of nitrogens with zero attached hydrogens (tertiary/aromatic N) is 1. The molecule has 0 aromatic heterocycles. The summed E-state index contributed by atoms with van der Waals surface area (Å²) in [6, 6.07) is 0. The first-order chi connectivity index (χ1) is 5.36. The fraction of sp³-hybridized carbons (Fsp3) is 1.00. The maximum Gasteiger partial charge on any atom is 0.0936 e. The van der Waals surface area contributed by atoms with Crippen LogP contribution in [-0.2, 0) is 4.74 Å². The second kappa shape index (κ2) is 4.73. The molecule has 1 rings (SSSR count). The largest absolute Gasteiger partial charge is 0.372 e. The summed E-state index contributed by atoms with van der Waals surface area (Å²) in [6.07, 6.45) is 3.18. The van der Waals surface area contributed by atoms with E-state index in [1.54, 1.807) is 0 Å². The van der Waals surface area contributed by atoms with E-state index < -0.39 is 0 Å². The third kappa shape index (κ3) is 3.73. The molecule has 0 radical (unpaired) electrons. The number of rotatable bonds is 6. The van der Waals surface area contributed by atoms with Gasteiger partial charge in [0.25, 0.3) is 0 Å². The van der Waals surface area contributed by atoms with E-state index >= 15 is 0 Å². The van der Waals surface area contributed by atoms with Crippen molar-refractivity contribution in [2.45, 2.75) is 32.8 Å². The molecule has 11 heavy (non-hydrogen) atoms. The van der Waals surface area contributed by atoms with Gasteiger partial charge >= 0.3 is 0 Å². The van der Waals surface area contributed by atoms with Crippen molar-refractivity contribution in [1.82, 2.24) is 4.90 Å². The second-order valence-corrected chi connectivity index (χ2v) is 3.20. The maximum absolute atomic E-state index is 5.18. The Balaban J connectivity index is 2.02. The molecule has 1 saturated heterocycles. The van der Waals surface area contributed by atoms with Crippen molar-refractivity contribution in [2.24, 2.45) is 0 Å². The summed E-state index contributed by atoms with van der Waals surface area (Å²) in [5, 5.41) is 0. The lowest BCUT2D eigenvalue weighted by atomic mass is 10.3. The molecule has 0 bridgehead atoms. The first kappa shape index (κ1) is 9.01. The minimum atomic E-state index is 0.562. The molecule has 1 aliphatic heterocycles. The standard InChI is InChI=1S/C9H19NO/c1-3-5-6-10(4-2)7-9-8-11-9/h9H,3-8H2,1-2H3/t9-/m0/s1. The van der Waals surface area contributed by atoms with E-state index in [1.165, 1.54) is 25.9 Å². The Hall–Kier alpha value is -0.0800. The molecule has 0 spiro atoms. The second-order valence-electron chi connectivity index (χ2n) is 3.20. The Morgan fingerprint density at radius 1 is 1.45 bits per heavy atom. The average molecular weight is 157 g/mol. The molecule has 2 nitrogen and oxygen atoms in total. The molecule has 66 valence electrons. The lowest BCUT2D eigenvalue weighted by Crippen LogP contribution is -2.28. The van der Waals surface area contributed by atoms with Gasteiger partial charge in [-0.05, 0) is 19.5 Å². The number of epoxide rings is 1. The smallest absolute Gasteiger partial charge is 0.0936 e. The number of likely N-dealkylation sites (N-methyl/N-ethyl adjacent to an activating group) is 1. The highest BCUT2D eigenvalue weighted by molar-refractivity contribution is 4.73. The lowest BCUT2D eigenvalue weighted by molar-refractivity contribution is 0.249. The van der Waals surface area contributed by atoms with Crippen LogP contribution in [0.25, 0.3) is 0 Å². The number of unbranched alkanes of at least 4 members (excludes halogenated alkanes) is 1. The normalized spacial score (nSPS) is 22.6. The maximum atomic E-state index is 5.18. The molecule has 0 unspecified atom stereocenters. The van der Waals surface area contributed by atoms with Gasteiger partial charge < -0.3 is 9.64 Å². The predicted octanol–water partition coefficient (Wildman–Crippen LogP) is 1.51. The van der Waals surface area contributed by atoms with Crippen molar-refractivity contribution < 1.29 is 4.74 Å². The first-order valence-corrected chi connectivity index (χ1v) is 4.70. The molecule has 0 N–H and O–H groups in total. The SMILES string of the molecule is CCCCN(CC)C[C@H]1CO1. The van der Waals surface area contributed by atoms with E-state index in [0.29, 0.717) is 6.10 Å². The zero-order chi connectivity index (χ0) is 8.10. The van der Waals surface area contributed by atoms with Crippen molar-refractivity contribution in [3.8, 4) is 0 Å². The van der Waals surface area contributed by atoms with Gasteiger partial charge in [-0.2, -0.15) is 0 Å². The molecule has 0 aromatic carbocycles. The molecule has 1 fully saturated rings. The zero-order valence-corrected chi connectivity index (χ0v) is 7.68. The summed E-state index contributed by atoms with van der Waals surface area (Å²) in [5.41, 5.74) is 0. The van der Waals surface area contributed by atoms with Crippen LogP contribution in [0.2, 0.25) is 0 Å². The van der Waals surface area contributed by atoms with Gasteiger partial charge in [0.2, 0.25) is 0 Å². The van der Waals surface area contributed by atoms with Crippen LogP contribution >= 0.6 is 0 Å². The molecule has 1 heterocycles. The molecule has 2 heteroatoms. The van der Waals surface area contributed by atoms with Crippen molar-refractivity contribution in [1.29, 1.82) is 0 Å². The summed E-state index contributed by atoms with van der Waals surface area (Å²) >= 11 is 0. The highest BCUT2D eigenvalue weighted by atomic mass is 16.6. The van der Waals surface area contributed by atoms with E-state index in [2.05, 4.69) is 18.7 Å². The van der Waals surface area contributed by atoms with Gasteiger partial charge in [-0.1, -0.05) is 20.3 Å². The molecule has 0 aromatic rings. The summed E-state index contributed by atoms with van der Waals surface area (Å²) in [6.45, 7) is 9.01. The zero-order valence-electron chi connectivity index (χ0n) is 7.68. The Bertz CT molecular complexity index is 102. The first-order valence-electron chi connectivity index (χ1n) is 4.70. The summed E-state index contributed by atoms with van der Waals surface area (Å²) in [5.74, 6) is 0. The highest BCUT2D eigenvalue weighted by Crippen LogP contribution is 2.10. The minimum absolute atomic E-state index is 0.562. The monoisotopic (exact) mass is 157 g/mol. The van der Waals surface area contributed by atoms with Gasteiger partial charge in [0.1, 0.15) is 0 Å². The van der Waals surface area contributed by atoms with E-state index in [4.69, 9.17) is 4.74 Å². The van der Waals surface area contributed by atoms with Crippen LogP contribution in [0.4, 0.5) is 0 Å². The van der Waals surface area contributed by atoms with Gasteiger partial charge in [-0.15, -0.1) is 0 Å². The van der Waals surface area contributed by atoms with Gasteiger partial charge in [0.15, 0.2) is 0 Å². The molecular weight excluding hydrogens is 138 g/mol. The fourth-order valence-electron chi connectivity index (χ4n) is 1.22. The van der Waals surface area contributed by atoms with Crippen LogP contribution in [0, 0.1) is 0 Å². The Kier molecular flexibility index (Phi) is 3.87. The fourth-order valence-corrected chi connectivity index (χ4v) is 1.22. The summed E-state index contributed by atoms with van der Waals surface area (Å²) in [4.78, 5) is 2.47. The molecular formula is C9H19NO. The number of hydrogen-bond donors (Lipinski definition) is 0. The van der Waals surface area contributed by atoms with Crippen molar-refractivity contribution >= 4 is 0 Å². The Morgan fingerprint density at radius 2 is 2.18 bits per heavy atom. The van der Waals surface area contributed by atoms with Crippen LogP contribution in [-0.4, -0.2) is 37.2 Å². The summed E-state index contributed by atoms with van der Waals surface area (Å²) < 4.78 is 5.18. The molecule has 1 aliphatic rings. The molecule has 0 aliphatic carbocycles. The van der Waals surface area contributed by atoms with Crippen molar-refractivity contribution in [2.75, 3.05) is 26.2 Å². The third-order valence-corrected chi connectivity index (χ3v) is 2.14. The van der Waals surface area contributed by atoms with Crippen molar-refractivity contribution in [3.63, 3.8) is 0 Å². The van der Waals surface area contributed by atoms with Gasteiger partial charge in [-0.25, -0.2) is 0 Å². The average Bonchev–Trinajstić information content (AvgIpc) is 2.81. The minimum Gasteiger partial charge on any atom is -0.372 e. The van der Waals surface area contributed by atoms with E-state index in [1.807, 2.05) is 0 Å². The van der Waals surface area contributed by atoms with Crippen LogP contribution in [0.1, 0.15) is 26.7 Å². The molecule has 0 amide bonds. The highest BCUT2D eigenvalue weighted by Gasteiger charge is 2.24. The van der Waals surface area contributed by atoms with E-state index in [0.717, 1.165) is 13.2 Å². The van der Waals surface area contributed by atoms with Gasteiger partial charge in [0.05, 0.1) is 12.7 Å². The van der Waals surface area contributed by atoms with Gasteiger partial charge in [0, 0.05) is 6.54 Å². The quantitative estimate of drug-likeness (QED) is 0.543. The van der Waals surface area contributed by atoms with Crippen LogP contribution in [0.3, 0.4) is 0 Å². The van der Waals surface area contributed by atoms with Crippen LogP contribution < -0.4 is 0 Å². The van der Waals surface area contributed by atoms with E-state index in [9.17, 15) is 0 Å². The molecule has 1 atom stereocenters. The lowest BCUT2D eigenvalue weighted by Gasteiger charge is -2.18. The predicted molar refractivity (Wildman–Crippen MR) is 46.8 cm³/mol. The molecule has 0 saturated carbocycles. The Morgan fingerprint density at radius 3 is 2.64 bits per heavy atom. The third-order valence-electron chi connectivity index (χ3n) is 2.14. The van der Waals surface area contributed by atoms with E-state index in [-0.39, 0.29) is 0 Å². The van der Waals surface area contributed by atoms with Crippen molar-refractivity contribution in [3.05, 3.63) is 0 Å². The summed E-state index contributed by atoms with van der Waals surface area (Å²) in [7, 11) is 0. The topological polar surface area (TPSA) is 15.8 Å². The Labute approximate surface area is 69.5 Å².